The Hall–Kier alpha value is -1.94. The van der Waals surface area contributed by atoms with E-state index in [2.05, 4.69) is 31.1 Å². The van der Waals surface area contributed by atoms with Gasteiger partial charge in [0.05, 0.1) is 12.6 Å². The van der Waals surface area contributed by atoms with Crippen molar-refractivity contribution >= 4 is 16.7 Å². The van der Waals surface area contributed by atoms with Crippen molar-refractivity contribution in [3.05, 3.63) is 42.2 Å². The number of nitrogens with one attached hydrogen (secondary N) is 1. The molecule has 0 aliphatic carbocycles. The highest BCUT2D eigenvalue weighted by Crippen LogP contribution is 2.21. The average molecular weight is 286 g/mol. The number of benzene rings is 1. The van der Waals surface area contributed by atoms with Crippen molar-refractivity contribution in [3.8, 4) is 0 Å². The minimum Gasteiger partial charge on any atom is -0.394 e. The van der Waals surface area contributed by atoms with Crippen molar-refractivity contribution in [2.75, 3.05) is 6.61 Å². The van der Waals surface area contributed by atoms with Crippen LogP contribution >= 0.6 is 0 Å². The van der Waals surface area contributed by atoms with E-state index in [9.17, 15) is 9.90 Å². The number of aliphatic hydroxyl groups excluding tert-OH is 1. The number of carbonyl (C=O) groups excluding carboxylic acids is 1. The molecule has 0 bridgehead atoms. The SMILES string of the molecule is CC(C)(C)CC(CO)NC(=O)c1nccc2ccccc12. The number of nitrogens with zero attached hydrogens (tertiary/aromatic N) is 1. The molecule has 0 fully saturated rings. The molecule has 1 amide bonds. The highest BCUT2D eigenvalue weighted by Gasteiger charge is 2.21. The molecule has 1 heterocycles. The number of amides is 1. The lowest BCUT2D eigenvalue weighted by molar-refractivity contribution is 0.0894. The molecule has 1 aromatic heterocycles. The zero-order valence-electron chi connectivity index (χ0n) is 12.8. The normalized spacial score (nSPS) is 13.1. The van der Waals surface area contributed by atoms with Crippen molar-refractivity contribution < 1.29 is 9.90 Å². The van der Waals surface area contributed by atoms with Crippen LogP contribution in [0.25, 0.3) is 10.8 Å². The third kappa shape index (κ3) is 4.02. The lowest BCUT2D eigenvalue weighted by Crippen LogP contribution is -2.40. The molecule has 21 heavy (non-hydrogen) atoms. The molecule has 1 aromatic carbocycles. The van der Waals surface area contributed by atoms with Gasteiger partial charge in [0, 0.05) is 11.6 Å². The van der Waals surface area contributed by atoms with E-state index >= 15 is 0 Å². The molecule has 0 radical (unpaired) electrons. The molecule has 1 atom stereocenters. The van der Waals surface area contributed by atoms with Gasteiger partial charge in [-0.15, -0.1) is 0 Å². The van der Waals surface area contributed by atoms with Gasteiger partial charge in [-0.05, 0) is 23.3 Å². The zero-order valence-corrected chi connectivity index (χ0v) is 12.8. The van der Waals surface area contributed by atoms with Gasteiger partial charge in [-0.3, -0.25) is 9.78 Å². The van der Waals surface area contributed by atoms with Crippen LogP contribution in [0.2, 0.25) is 0 Å². The molecule has 2 rings (SSSR count). The van der Waals surface area contributed by atoms with Gasteiger partial charge in [0.25, 0.3) is 5.91 Å². The number of aromatic nitrogens is 1. The fraction of sp³-hybridized carbons (Fsp3) is 0.412. The quantitative estimate of drug-likeness (QED) is 0.908. The Morgan fingerprint density at radius 1 is 1.29 bits per heavy atom. The van der Waals surface area contributed by atoms with Gasteiger partial charge in [-0.1, -0.05) is 45.0 Å². The van der Waals surface area contributed by atoms with E-state index in [0.29, 0.717) is 12.1 Å². The van der Waals surface area contributed by atoms with Gasteiger partial charge in [-0.25, -0.2) is 0 Å². The van der Waals surface area contributed by atoms with E-state index in [-0.39, 0.29) is 24.0 Å². The van der Waals surface area contributed by atoms with Crippen LogP contribution in [0, 0.1) is 5.41 Å². The van der Waals surface area contributed by atoms with Crippen molar-refractivity contribution in [3.63, 3.8) is 0 Å². The highest BCUT2D eigenvalue weighted by atomic mass is 16.3. The van der Waals surface area contributed by atoms with E-state index in [1.165, 1.54) is 0 Å². The summed E-state index contributed by atoms with van der Waals surface area (Å²) < 4.78 is 0. The minimum atomic E-state index is -0.265. The van der Waals surface area contributed by atoms with E-state index in [0.717, 1.165) is 10.8 Å². The average Bonchev–Trinajstić information content (AvgIpc) is 2.44. The summed E-state index contributed by atoms with van der Waals surface area (Å²) in [4.78, 5) is 16.6. The first-order chi connectivity index (χ1) is 9.90. The Bertz CT molecular complexity index is 627. The van der Waals surface area contributed by atoms with Gasteiger partial charge in [0.1, 0.15) is 5.69 Å². The van der Waals surface area contributed by atoms with Gasteiger partial charge in [0.15, 0.2) is 0 Å². The van der Waals surface area contributed by atoms with Crippen LogP contribution in [0.15, 0.2) is 36.5 Å². The third-order valence-electron chi connectivity index (χ3n) is 3.30. The number of hydrogen-bond donors (Lipinski definition) is 2. The highest BCUT2D eigenvalue weighted by molar-refractivity contribution is 6.05. The zero-order chi connectivity index (χ0) is 15.5. The summed E-state index contributed by atoms with van der Waals surface area (Å²) in [5, 5.41) is 14.1. The Balaban J connectivity index is 2.22. The minimum absolute atomic E-state index is 0.0346. The summed E-state index contributed by atoms with van der Waals surface area (Å²) in [6.45, 7) is 6.17. The van der Waals surface area contributed by atoms with Gasteiger partial charge < -0.3 is 10.4 Å². The lowest BCUT2D eigenvalue weighted by Gasteiger charge is -2.25. The summed E-state index contributed by atoms with van der Waals surface area (Å²) in [7, 11) is 0. The summed E-state index contributed by atoms with van der Waals surface area (Å²) in [5.74, 6) is -0.241. The first-order valence-electron chi connectivity index (χ1n) is 7.16. The van der Waals surface area contributed by atoms with Gasteiger partial charge in [0.2, 0.25) is 0 Å². The molecule has 1 unspecified atom stereocenters. The fourth-order valence-electron chi connectivity index (χ4n) is 2.45. The topological polar surface area (TPSA) is 62.2 Å². The van der Waals surface area contributed by atoms with E-state index in [1.54, 1.807) is 6.20 Å². The Morgan fingerprint density at radius 3 is 2.67 bits per heavy atom. The summed E-state index contributed by atoms with van der Waals surface area (Å²) in [6.07, 6.45) is 2.34. The Kier molecular flexibility index (Phi) is 4.58. The molecular weight excluding hydrogens is 264 g/mol. The van der Waals surface area contributed by atoms with Gasteiger partial charge >= 0.3 is 0 Å². The molecule has 0 aliphatic heterocycles. The molecule has 4 heteroatoms. The smallest absolute Gasteiger partial charge is 0.270 e. The first kappa shape index (κ1) is 15.4. The predicted molar refractivity (Wildman–Crippen MR) is 84.2 cm³/mol. The van der Waals surface area contributed by atoms with Crippen molar-refractivity contribution in [2.24, 2.45) is 5.41 Å². The second-order valence-electron chi connectivity index (χ2n) is 6.50. The Morgan fingerprint density at radius 2 is 2.00 bits per heavy atom. The number of carbonyl (C=O) groups is 1. The van der Waals surface area contributed by atoms with Crippen LogP contribution < -0.4 is 5.32 Å². The van der Waals surface area contributed by atoms with Crippen LogP contribution in [0.3, 0.4) is 0 Å². The van der Waals surface area contributed by atoms with Crippen molar-refractivity contribution in [2.45, 2.75) is 33.2 Å². The second-order valence-corrected chi connectivity index (χ2v) is 6.50. The number of rotatable bonds is 4. The number of hydrogen-bond acceptors (Lipinski definition) is 3. The number of pyridine rings is 1. The van der Waals surface area contributed by atoms with Crippen molar-refractivity contribution in [1.82, 2.24) is 10.3 Å². The van der Waals surface area contributed by atoms with Crippen molar-refractivity contribution in [1.29, 1.82) is 0 Å². The van der Waals surface area contributed by atoms with Crippen LogP contribution in [0.5, 0.6) is 0 Å². The van der Waals surface area contributed by atoms with Crippen LogP contribution in [-0.4, -0.2) is 28.6 Å². The number of aliphatic hydroxyl groups is 1. The monoisotopic (exact) mass is 286 g/mol. The Labute approximate surface area is 125 Å². The van der Waals surface area contributed by atoms with E-state index in [4.69, 9.17) is 0 Å². The fourth-order valence-corrected chi connectivity index (χ4v) is 2.45. The maximum absolute atomic E-state index is 12.4. The standard InChI is InChI=1S/C17H22N2O2/c1-17(2,3)10-13(11-20)19-16(21)15-14-7-5-4-6-12(14)8-9-18-15/h4-9,13,20H,10-11H2,1-3H3,(H,19,21). The number of fused-ring (bicyclic) bond motifs is 1. The second kappa shape index (κ2) is 6.22. The summed E-state index contributed by atoms with van der Waals surface area (Å²) in [6, 6.07) is 9.27. The van der Waals surface area contributed by atoms with Crippen LogP contribution in [0.4, 0.5) is 0 Å². The van der Waals surface area contributed by atoms with Crippen LogP contribution in [-0.2, 0) is 0 Å². The summed E-state index contributed by atoms with van der Waals surface area (Å²) in [5.41, 5.74) is 0.438. The largest absolute Gasteiger partial charge is 0.394 e. The molecule has 2 aromatic rings. The first-order valence-corrected chi connectivity index (χ1v) is 7.16. The molecule has 0 saturated heterocycles. The molecule has 0 spiro atoms. The molecule has 0 saturated carbocycles. The maximum atomic E-state index is 12.4. The van der Waals surface area contributed by atoms with E-state index < -0.39 is 0 Å². The van der Waals surface area contributed by atoms with Gasteiger partial charge in [-0.2, -0.15) is 0 Å². The van der Waals surface area contributed by atoms with E-state index in [1.807, 2.05) is 30.3 Å². The molecule has 2 N–H and O–H groups in total. The molecule has 0 aliphatic rings. The lowest BCUT2D eigenvalue weighted by atomic mass is 9.88. The molecule has 112 valence electrons. The molecule has 4 nitrogen and oxygen atoms in total. The van der Waals surface area contributed by atoms with Crippen LogP contribution in [0.1, 0.15) is 37.7 Å². The third-order valence-corrected chi connectivity index (χ3v) is 3.30. The maximum Gasteiger partial charge on any atom is 0.270 e. The predicted octanol–water partition coefficient (Wildman–Crippen LogP) is 2.76. The molecular formula is C17H22N2O2. The summed E-state index contributed by atoms with van der Waals surface area (Å²) >= 11 is 0.